The third-order valence-electron chi connectivity index (χ3n) is 1.86. The third-order valence-corrected chi connectivity index (χ3v) is 3.60. The van der Waals surface area contributed by atoms with Crippen molar-refractivity contribution < 1.29 is 8.42 Å². The zero-order valence-corrected chi connectivity index (χ0v) is 8.89. The molecule has 12 heavy (non-hydrogen) atoms. The second-order valence-corrected chi connectivity index (χ2v) is 5.30. The first kappa shape index (κ1) is 11.7. The summed E-state index contributed by atoms with van der Waals surface area (Å²) in [6, 6.07) is 0. The van der Waals surface area contributed by atoms with Gasteiger partial charge in [-0.25, -0.2) is 8.42 Å². The van der Waals surface area contributed by atoms with Gasteiger partial charge in [0.25, 0.3) is 0 Å². The lowest BCUT2D eigenvalue weighted by molar-refractivity contribution is 0.581. The van der Waals surface area contributed by atoms with Crippen LogP contribution in [0.3, 0.4) is 0 Å². The van der Waals surface area contributed by atoms with Crippen molar-refractivity contribution in [2.24, 2.45) is 0 Å². The van der Waals surface area contributed by atoms with Gasteiger partial charge in [-0.15, -0.1) is 0 Å². The molecule has 0 aliphatic heterocycles. The van der Waals surface area contributed by atoms with E-state index in [2.05, 4.69) is 0 Å². The molecule has 0 saturated heterocycles. The maximum absolute atomic E-state index is 11.1. The predicted octanol–water partition coefficient (Wildman–Crippen LogP) is 2.17. The number of hydrogen-bond donors (Lipinski definition) is 0. The van der Waals surface area contributed by atoms with Crippen LogP contribution in [0, 0.1) is 0 Å². The van der Waals surface area contributed by atoms with Crippen molar-refractivity contribution in [2.75, 3.05) is 6.26 Å². The predicted molar refractivity (Wildman–Crippen MR) is 53.0 cm³/mol. The summed E-state index contributed by atoms with van der Waals surface area (Å²) >= 11 is 0. The fraction of sp³-hybridized carbons (Fsp3) is 0.778. The van der Waals surface area contributed by atoms with Crippen LogP contribution in [-0.4, -0.2) is 19.9 Å². The van der Waals surface area contributed by atoms with E-state index in [1.165, 1.54) is 6.26 Å². The lowest BCUT2D eigenvalue weighted by Crippen LogP contribution is -2.17. The molecule has 0 heterocycles. The van der Waals surface area contributed by atoms with Gasteiger partial charge >= 0.3 is 0 Å². The molecule has 72 valence electrons. The molecular formula is C9H18O2S. The standard InChI is InChI=1S/C9H18O2S/c1-4-6-7-8-9(5-2)12(3,10)11/h6-7,9H,4-5,8H2,1-3H3/b7-6+. The summed E-state index contributed by atoms with van der Waals surface area (Å²) in [7, 11) is -2.85. The quantitative estimate of drug-likeness (QED) is 0.623. The van der Waals surface area contributed by atoms with Crippen LogP contribution in [-0.2, 0) is 9.84 Å². The van der Waals surface area contributed by atoms with Crippen molar-refractivity contribution in [3.63, 3.8) is 0 Å². The molecule has 0 spiro atoms. The summed E-state index contributed by atoms with van der Waals surface area (Å²) in [4.78, 5) is 0. The molecule has 0 aromatic rings. The van der Waals surface area contributed by atoms with Gasteiger partial charge in [-0.3, -0.25) is 0 Å². The molecule has 0 rings (SSSR count). The van der Waals surface area contributed by atoms with E-state index in [9.17, 15) is 8.42 Å². The van der Waals surface area contributed by atoms with Crippen molar-refractivity contribution in [2.45, 2.75) is 38.4 Å². The summed E-state index contributed by atoms with van der Waals surface area (Å²) in [5.74, 6) is 0. The van der Waals surface area contributed by atoms with Gasteiger partial charge in [0.05, 0.1) is 5.25 Å². The molecule has 0 N–H and O–H groups in total. The monoisotopic (exact) mass is 190 g/mol. The molecule has 0 bridgehead atoms. The lowest BCUT2D eigenvalue weighted by Gasteiger charge is -2.08. The number of sulfone groups is 1. The Morgan fingerprint density at radius 1 is 1.25 bits per heavy atom. The van der Waals surface area contributed by atoms with Crippen LogP contribution in [0.15, 0.2) is 12.2 Å². The van der Waals surface area contributed by atoms with Gasteiger partial charge in [-0.1, -0.05) is 26.0 Å². The Hall–Kier alpha value is -0.310. The Balaban J connectivity index is 4.11. The highest BCUT2D eigenvalue weighted by Crippen LogP contribution is 2.09. The van der Waals surface area contributed by atoms with Gasteiger partial charge < -0.3 is 0 Å². The molecule has 0 saturated carbocycles. The molecule has 0 amide bonds. The van der Waals surface area contributed by atoms with Crippen LogP contribution in [0.25, 0.3) is 0 Å². The van der Waals surface area contributed by atoms with Crippen molar-refractivity contribution in [1.29, 1.82) is 0 Å². The molecular weight excluding hydrogens is 172 g/mol. The lowest BCUT2D eigenvalue weighted by atomic mass is 10.2. The van der Waals surface area contributed by atoms with Crippen molar-refractivity contribution in [3.8, 4) is 0 Å². The van der Waals surface area contributed by atoms with Gasteiger partial charge in [0.2, 0.25) is 0 Å². The van der Waals surface area contributed by atoms with Gasteiger partial charge in [-0.2, -0.15) is 0 Å². The van der Waals surface area contributed by atoms with E-state index in [1.807, 2.05) is 26.0 Å². The second kappa shape index (κ2) is 5.36. The molecule has 1 atom stereocenters. The topological polar surface area (TPSA) is 34.1 Å². The zero-order chi connectivity index (χ0) is 9.61. The van der Waals surface area contributed by atoms with Crippen LogP contribution in [0.4, 0.5) is 0 Å². The molecule has 0 aliphatic carbocycles. The minimum absolute atomic E-state index is 0.194. The first-order valence-electron chi connectivity index (χ1n) is 4.36. The maximum Gasteiger partial charge on any atom is 0.150 e. The maximum atomic E-state index is 11.1. The van der Waals surface area contributed by atoms with E-state index in [0.717, 1.165) is 6.42 Å². The molecule has 0 radical (unpaired) electrons. The van der Waals surface area contributed by atoms with Gasteiger partial charge in [-0.05, 0) is 19.3 Å². The summed E-state index contributed by atoms with van der Waals surface area (Å²) in [6.07, 6.45) is 7.60. The third kappa shape index (κ3) is 4.54. The van der Waals surface area contributed by atoms with Crippen LogP contribution in [0.2, 0.25) is 0 Å². The van der Waals surface area contributed by atoms with Gasteiger partial charge in [0.1, 0.15) is 0 Å². The summed E-state index contributed by atoms with van der Waals surface area (Å²) < 4.78 is 22.2. The van der Waals surface area contributed by atoms with E-state index < -0.39 is 9.84 Å². The highest BCUT2D eigenvalue weighted by Gasteiger charge is 2.15. The number of rotatable bonds is 5. The Morgan fingerprint density at radius 3 is 2.17 bits per heavy atom. The first-order chi connectivity index (χ1) is 5.52. The molecule has 1 unspecified atom stereocenters. The SMILES string of the molecule is CC/C=C/CC(CC)S(C)(=O)=O. The van der Waals surface area contributed by atoms with Gasteiger partial charge in [0.15, 0.2) is 9.84 Å². The molecule has 0 aliphatic rings. The average molecular weight is 190 g/mol. The number of hydrogen-bond acceptors (Lipinski definition) is 2. The second-order valence-electron chi connectivity index (χ2n) is 2.98. The van der Waals surface area contributed by atoms with Crippen molar-refractivity contribution >= 4 is 9.84 Å². The summed E-state index contributed by atoms with van der Waals surface area (Å²) in [5.41, 5.74) is 0. The molecule has 2 nitrogen and oxygen atoms in total. The Kier molecular flexibility index (Phi) is 5.22. The van der Waals surface area contributed by atoms with E-state index in [4.69, 9.17) is 0 Å². The van der Waals surface area contributed by atoms with E-state index in [1.54, 1.807) is 0 Å². The van der Waals surface area contributed by atoms with E-state index >= 15 is 0 Å². The molecule has 3 heteroatoms. The van der Waals surface area contributed by atoms with E-state index in [0.29, 0.717) is 12.8 Å². The van der Waals surface area contributed by atoms with Crippen LogP contribution >= 0.6 is 0 Å². The minimum Gasteiger partial charge on any atom is -0.229 e. The van der Waals surface area contributed by atoms with Crippen LogP contribution in [0.5, 0.6) is 0 Å². The Labute approximate surface area is 75.6 Å². The average Bonchev–Trinajstić information content (AvgIpc) is 1.95. The summed E-state index contributed by atoms with van der Waals surface area (Å²) in [6.45, 7) is 3.95. The fourth-order valence-corrected chi connectivity index (χ4v) is 2.13. The van der Waals surface area contributed by atoms with Crippen LogP contribution < -0.4 is 0 Å². The number of allylic oxidation sites excluding steroid dienone is 2. The fourth-order valence-electron chi connectivity index (χ4n) is 1.06. The zero-order valence-electron chi connectivity index (χ0n) is 8.08. The highest BCUT2D eigenvalue weighted by molar-refractivity contribution is 7.91. The molecule has 0 aromatic heterocycles. The van der Waals surface area contributed by atoms with Crippen molar-refractivity contribution in [1.82, 2.24) is 0 Å². The highest BCUT2D eigenvalue weighted by atomic mass is 32.2. The van der Waals surface area contributed by atoms with Gasteiger partial charge in [0, 0.05) is 6.26 Å². The molecule has 0 aromatic carbocycles. The normalized spacial score (nSPS) is 15.2. The largest absolute Gasteiger partial charge is 0.229 e. The Bertz CT molecular complexity index is 227. The molecule has 0 fully saturated rings. The summed E-state index contributed by atoms with van der Waals surface area (Å²) in [5, 5.41) is -0.194. The Morgan fingerprint density at radius 2 is 1.83 bits per heavy atom. The van der Waals surface area contributed by atoms with E-state index in [-0.39, 0.29) is 5.25 Å². The minimum atomic E-state index is -2.85. The van der Waals surface area contributed by atoms with Crippen molar-refractivity contribution in [3.05, 3.63) is 12.2 Å². The smallest absolute Gasteiger partial charge is 0.150 e. The van der Waals surface area contributed by atoms with Crippen LogP contribution in [0.1, 0.15) is 33.1 Å². The first-order valence-corrected chi connectivity index (χ1v) is 6.31.